The number of para-hydroxylation sites is 1. The Morgan fingerprint density at radius 1 is 1.19 bits per heavy atom. The zero-order valence-electron chi connectivity index (χ0n) is 12.5. The Morgan fingerprint density at radius 3 is 2.24 bits per heavy atom. The smallest absolute Gasteiger partial charge is 0.232 e. The van der Waals surface area contributed by atoms with Gasteiger partial charge in [-0.15, -0.1) is 0 Å². The minimum absolute atomic E-state index is 0.0410. The summed E-state index contributed by atoms with van der Waals surface area (Å²) < 4.78 is 25.9. The van der Waals surface area contributed by atoms with Gasteiger partial charge in [-0.05, 0) is 41.9 Å². The van der Waals surface area contributed by atoms with Crippen molar-refractivity contribution in [1.29, 1.82) is 0 Å². The minimum atomic E-state index is -3.44. The molecule has 1 aromatic carbocycles. The van der Waals surface area contributed by atoms with Crippen LogP contribution < -0.4 is 4.31 Å². The molecule has 7 heteroatoms. The first kappa shape index (κ1) is 18.0. The molecule has 0 spiro atoms. The standard InChI is InChI=1S/C14H21BrN2O3S/c1-4-16(5-2)14(18)10-11-17(21(3,19)20)13-9-7-6-8-12(13)15/h6-9H,4-5,10-11H2,1-3H3. The van der Waals surface area contributed by atoms with Crippen LogP contribution in [-0.2, 0) is 14.8 Å². The molecule has 0 atom stereocenters. The summed E-state index contributed by atoms with van der Waals surface area (Å²) in [5.41, 5.74) is 0.548. The molecule has 0 aliphatic heterocycles. The normalized spacial score (nSPS) is 11.2. The third-order valence-corrected chi connectivity index (χ3v) is 5.02. The van der Waals surface area contributed by atoms with Crippen molar-refractivity contribution in [2.75, 3.05) is 30.2 Å². The van der Waals surface area contributed by atoms with Crippen molar-refractivity contribution >= 4 is 37.5 Å². The molecule has 5 nitrogen and oxygen atoms in total. The fourth-order valence-corrected chi connectivity index (χ4v) is 3.61. The number of anilines is 1. The summed E-state index contributed by atoms with van der Waals surface area (Å²) in [4.78, 5) is 13.7. The molecule has 0 saturated heterocycles. The summed E-state index contributed by atoms with van der Waals surface area (Å²) in [6.07, 6.45) is 1.31. The van der Waals surface area contributed by atoms with Crippen molar-refractivity contribution in [3.8, 4) is 0 Å². The molecular formula is C14H21BrN2O3S. The Hall–Kier alpha value is -1.08. The highest BCUT2D eigenvalue weighted by molar-refractivity contribution is 9.10. The van der Waals surface area contributed by atoms with Crippen LogP contribution in [0.2, 0.25) is 0 Å². The molecule has 0 saturated carbocycles. The molecule has 0 unspecified atom stereocenters. The fraction of sp³-hybridized carbons (Fsp3) is 0.500. The van der Waals surface area contributed by atoms with Gasteiger partial charge in [0.05, 0.1) is 11.9 Å². The minimum Gasteiger partial charge on any atom is -0.343 e. The molecular weight excluding hydrogens is 356 g/mol. The molecule has 0 radical (unpaired) electrons. The van der Waals surface area contributed by atoms with Crippen LogP contribution >= 0.6 is 15.9 Å². The molecule has 118 valence electrons. The molecule has 1 rings (SSSR count). The monoisotopic (exact) mass is 376 g/mol. The van der Waals surface area contributed by atoms with Crippen molar-refractivity contribution in [3.63, 3.8) is 0 Å². The molecule has 0 N–H and O–H groups in total. The van der Waals surface area contributed by atoms with Crippen molar-refractivity contribution in [2.45, 2.75) is 20.3 Å². The second kappa shape index (κ2) is 7.79. The van der Waals surface area contributed by atoms with Crippen LogP contribution in [0.4, 0.5) is 5.69 Å². The lowest BCUT2D eigenvalue weighted by atomic mass is 10.3. The van der Waals surface area contributed by atoms with Crippen LogP contribution in [0.1, 0.15) is 20.3 Å². The second-order valence-electron chi connectivity index (χ2n) is 4.60. The Bertz CT molecular complexity index is 586. The maximum Gasteiger partial charge on any atom is 0.232 e. The van der Waals surface area contributed by atoms with Gasteiger partial charge in [0, 0.05) is 30.5 Å². The third kappa shape index (κ3) is 5.00. The van der Waals surface area contributed by atoms with E-state index >= 15 is 0 Å². The lowest BCUT2D eigenvalue weighted by Gasteiger charge is -2.25. The van der Waals surface area contributed by atoms with E-state index in [4.69, 9.17) is 0 Å². The Balaban J connectivity index is 2.93. The molecule has 0 fully saturated rings. The van der Waals surface area contributed by atoms with Crippen LogP contribution in [0, 0.1) is 0 Å². The summed E-state index contributed by atoms with van der Waals surface area (Å²) in [5.74, 6) is -0.0410. The summed E-state index contributed by atoms with van der Waals surface area (Å²) in [5, 5.41) is 0. The van der Waals surface area contributed by atoms with E-state index in [1.54, 1.807) is 23.1 Å². The number of sulfonamides is 1. The highest BCUT2D eigenvalue weighted by atomic mass is 79.9. The van der Waals surface area contributed by atoms with E-state index in [9.17, 15) is 13.2 Å². The summed E-state index contributed by atoms with van der Waals surface area (Å²) in [7, 11) is -3.44. The molecule has 0 aliphatic carbocycles. The number of rotatable bonds is 7. The van der Waals surface area contributed by atoms with Gasteiger partial charge in [0.2, 0.25) is 15.9 Å². The Kier molecular flexibility index (Phi) is 6.67. The van der Waals surface area contributed by atoms with Crippen molar-refractivity contribution in [1.82, 2.24) is 4.90 Å². The second-order valence-corrected chi connectivity index (χ2v) is 7.36. The number of halogens is 1. The van der Waals surface area contributed by atoms with Crippen LogP contribution in [0.5, 0.6) is 0 Å². The van der Waals surface area contributed by atoms with E-state index in [1.807, 2.05) is 19.9 Å². The quantitative estimate of drug-likeness (QED) is 0.734. The topological polar surface area (TPSA) is 57.7 Å². The molecule has 1 amide bonds. The molecule has 0 bridgehead atoms. The number of amides is 1. The van der Waals surface area contributed by atoms with Gasteiger partial charge in [-0.3, -0.25) is 9.10 Å². The average Bonchev–Trinajstić information content (AvgIpc) is 2.41. The summed E-state index contributed by atoms with van der Waals surface area (Å²) >= 11 is 3.35. The number of hydrogen-bond acceptors (Lipinski definition) is 3. The van der Waals surface area contributed by atoms with Gasteiger partial charge < -0.3 is 4.90 Å². The van der Waals surface area contributed by atoms with Gasteiger partial charge in [0.1, 0.15) is 0 Å². The highest BCUT2D eigenvalue weighted by Crippen LogP contribution is 2.27. The Labute approximate surface area is 135 Å². The van der Waals surface area contributed by atoms with Gasteiger partial charge in [0.15, 0.2) is 0 Å². The zero-order valence-corrected chi connectivity index (χ0v) is 14.9. The number of carbonyl (C=O) groups excluding carboxylic acids is 1. The Morgan fingerprint density at radius 2 is 1.76 bits per heavy atom. The SMILES string of the molecule is CCN(CC)C(=O)CCN(c1ccccc1Br)S(C)(=O)=O. The van der Waals surface area contributed by atoms with Gasteiger partial charge in [0.25, 0.3) is 0 Å². The molecule has 0 aromatic heterocycles. The third-order valence-electron chi connectivity index (χ3n) is 3.17. The number of nitrogens with zero attached hydrogens (tertiary/aromatic N) is 2. The largest absolute Gasteiger partial charge is 0.343 e. The lowest BCUT2D eigenvalue weighted by molar-refractivity contribution is -0.130. The van der Waals surface area contributed by atoms with E-state index < -0.39 is 10.0 Å². The van der Waals surface area contributed by atoms with Crippen LogP contribution in [0.3, 0.4) is 0 Å². The number of benzene rings is 1. The molecule has 1 aromatic rings. The predicted octanol–water partition coefficient (Wildman–Crippen LogP) is 2.47. The van der Waals surface area contributed by atoms with Crippen molar-refractivity contribution in [2.24, 2.45) is 0 Å². The van der Waals surface area contributed by atoms with Crippen LogP contribution in [0.25, 0.3) is 0 Å². The fourth-order valence-electron chi connectivity index (χ4n) is 2.05. The lowest BCUT2D eigenvalue weighted by Crippen LogP contribution is -2.36. The number of hydrogen-bond donors (Lipinski definition) is 0. The maximum atomic E-state index is 12.0. The predicted molar refractivity (Wildman–Crippen MR) is 88.9 cm³/mol. The van der Waals surface area contributed by atoms with Crippen molar-refractivity contribution < 1.29 is 13.2 Å². The van der Waals surface area contributed by atoms with Gasteiger partial charge in [-0.2, -0.15) is 0 Å². The zero-order chi connectivity index (χ0) is 16.0. The van der Waals surface area contributed by atoms with Crippen LogP contribution in [-0.4, -0.2) is 45.1 Å². The summed E-state index contributed by atoms with van der Waals surface area (Å²) in [6, 6.07) is 7.08. The first-order chi connectivity index (χ1) is 9.81. The number of carbonyl (C=O) groups is 1. The highest BCUT2D eigenvalue weighted by Gasteiger charge is 2.21. The maximum absolute atomic E-state index is 12.0. The summed E-state index contributed by atoms with van der Waals surface area (Å²) in [6.45, 7) is 5.20. The van der Waals surface area contributed by atoms with E-state index in [2.05, 4.69) is 15.9 Å². The van der Waals surface area contributed by atoms with Crippen LogP contribution in [0.15, 0.2) is 28.7 Å². The molecule has 21 heavy (non-hydrogen) atoms. The van der Waals surface area contributed by atoms with Gasteiger partial charge in [-0.1, -0.05) is 12.1 Å². The van der Waals surface area contributed by atoms with E-state index in [0.29, 0.717) is 23.2 Å². The first-order valence-electron chi connectivity index (χ1n) is 6.81. The van der Waals surface area contributed by atoms with E-state index in [-0.39, 0.29) is 18.9 Å². The van der Waals surface area contributed by atoms with E-state index in [1.165, 1.54) is 4.31 Å². The molecule has 0 heterocycles. The first-order valence-corrected chi connectivity index (χ1v) is 9.45. The van der Waals surface area contributed by atoms with Gasteiger partial charge >= 0.3 is 0 Å². The van der Waals surface area contributed by atoms with E-state index in [0.717, 1.165) is 6.26 Å². The molecule has 0 aliphatic rings. The average molecular weight is 377 g/mol. The van der Waals surface area contributed by atoms with Crippen molar-refractivity contribution in [3.05, 3.63) is 28.7 Å². The van der Waals surface area contributed by atoms with Gasteiger partial charge in [-0.25, -0.2) is 8.42 Å².